The first-order chi connectivity index (χ1) is 8.48. The number of nitrogens with zero attached hydrogens (tertiary/aromatic N) is 1. The molecule has 1 aliphatic carbocycles. The fraction of sp³-hybridized carbons (Fsp3) is 0.846. The van der Waals surface area contributed by atoms with E-state index in [2.05, 4.69) is 5.32 Å². The van der Waals surface area contributed by atoms with Crippen LogP contribution in [0.3, 0.4) is 0 Å². The third kappa shape index (κ3) is 3.22. The molecule has 5 nitrogen and oxygen atoms in total. The van der Waals surface area contributed by atoms with Crippen LogP contribution >= 0.6 is 0 Å². The summed E-state index contributed by atoms with van der Waals surface area (Å²) in [6, 6.07) is 0.107. The zero-order valence-electron chi connectivity index (χ0n) is 11.1. The summed E-state index contributed by atoms with van der Waals surface area (Å²) in [5.41, 5.74) is 5.86. The Kier molecular flexibility index (Phi) is 3.90. The normalized spacial score (nSPS) is 26.3. The second kappa shape index (κ2) is 5.26. The van der Waals surface area contributed by atoms with E-state index < -0.39 is 0 Å². The third-order valence-corrected chi connectivity index (χ3v) is 4.03. The number of piperidine rings is 1. The van der Waals surface area contributed by atoms with Crippen molar-refractivity contribution in [1.29, 1.82) is 0 Å². The first kappa shape index (κ1) is 13.3. The highest BCUT2D eigenvalue weighted by Gasteiger charge is 2.36. The van der Waals surface area contributed by atoms with E-state index in [1.807, 2.05) is 4.90 Å². The first-order valence-corrected chi connectivity index (χ1v) is 6.82. The van der Waals surface area contributed by atoms with Gasteiger partial charge in [0.2, 0.25) is 11.8 Å². The zero-order chi connectivity index (χ0) is 13.2. The molecule has 102 valence electrons. The van der Waals surface area contributed by atoms with Gasteiger partial charge < -0.3 is 16.0 Å². The van der Waals surface area contributed by atoms with Gasteiger partial charge in [0.15, 0.2) is 0 Å². The molecule has 2 amide bonds. The van der Waals surface area contributed by atoms with Gasteiger partial charge in [-0.05, 0) is 32.1 Å². The van der Waals surface area contributed by atoms with Crippen LogP contribution in [0, 0.1) is 0 Å². The second-order valence-electron chi connectivity index (χ2n) is 5.77. The highest BCUT2D eigenvalue weighted by molar-refractivity contribution is 5.78. The minimum atomic E-state index is -0.252. The molecule has 1 saturated heterocycles. The lowest BCUT2D eigenvalue weighted by Gasteiger charge is -2.40. The van der Waals surface area contributed by atoms with Gasteiger partial charge in [-0.2, -0.15) is 0 Å². The molecular formula is C13H23N3O2. The predicted octanol–water partition coefficient (Wildman–Crippen LogP) is 0.385. The lowest BCUT2D eigenvalue weighted by Crippen LogP contribution is -2.54. The molecule has 0 spiro atoms. The van der Waals surface area contributed by atoms with Crippen LogP contribution in [0.1, 0.15) is 45.4 Å². The molecule has 1 saturated carbocycles. The topological polar surface area (TPSA) is 75.4 Å². The van der Waals surface area contributed by atoms with E-state index in [0.717, 1.165) is 38.6 Å². The van der Waals surface area contributed by atoms with Crippen molar-refractivity contribution >= 4 is 11.8 Å². The molecule has 0 radical (unpaired) electrons. The molecule has 1 unspecified atom stereocenters. The lowest BCUT2D eigenvalue weighted by molar-refractivity contribution is -0.135. The summed E-state index contributed by atoms with van der Waals surface area (Å²) >= 11 is 0. The van der Waals surface area contributed by atoms with E-state index >= 15 is 0 Å². The van der Waals surface area contributed by atoms with Crippen LogP contribution in [0.5, 0.6) is 0 Å². The van der Waals surface area contributed by atoms with Crippen LogP contribution in [-0.2, 0) is 9.59 Å². The first-order valence-electron chi connectivity index (χ1n) is 6.82. The Hall–Kier alpha value is -1.10. The van der Waals surface area contributed by atoms with Crippen LogP contribution in [0.2, 0.25) is 0 Å². The third-order valence-electron chi connectivity index (χ3n) is 4.03. The molecule has 0 bridgehead atoms. The van der Waals surface area contributed by atoms with Gasteiger partial charge in [-0.3, -0.25) is 9.59 Å². The molecule has 1 aliphatic heterocycles. The number of amides is 2. The number of carbonyl (C=O) groups excluding carboxylic acids is 2. The van der Waals surface area contributed by atoms with Crippen molar-refractivity contribution in [3.63, 3.8) is 0 Å². The Labute approximate surface area is 108 Å². The van der Waals surface area contributed by atoms with Crippen LogP contribution < -0.4 is 11.1 Å². The van der Waals surface area contributed by atoms with Gasteiger partial charge in [-0.15, -0.1) is 0 Å². The molecule has 2 rings (SSSR count). The van der Waals surface area contributed by atoms with Crippen molar-refractivity contribution in [2.75, 3.05) is 13.1 Å². The molecule has 18 heavy (non-hydrogen) atoms. The largest absolute Gasteiger partial charge is 0.352 e. The SMILES string of the molecule is CC(=O)NC1CCCN(C(=O)CC2(N)CCC2)C1. The summed E-state index contributed by atoms with van der Waals surface area (Å²) in [4.78, 5) is 25.1. The maximum absolute atomic E-state index is 12.2. The Morgan fingerprint density at radius 3 is 2.67 bits per heavy atom. The maximum Gasteiger partial charge on any atom is 0.224 e. The molecule has 2 fully saturated rings. The standard InChI is InChI=1S/C13H23N3O2/c1-10(17)15-11-4-2-7-16(9-11)12(18)8-13(14)5-3-6-13/h11H,2-9,14H2,1H3,(H,15,17). The van der Waals surface area contributed by atoms with Crippen molar-refractivity contribution in [3.8, 4) is 0 Å². The van der Waals surface area contributed by atoms with E-state index in [0.29, 0.717) is 13.0 Å². The number of nitrogens with two attached hydrogens (primary N) is 1. The average Bonchev–Trinajstić information content (AvgIpc) is 2.26. The fourth-order valence-electron chi connectivity index (χ4n) is 2.83. The van der Waals surface area contributed by atoms with Gasteiger partial charge in [-0.25, -0.2) is 0 Å². The molecule has 1 heterocycles. The lowest BCUT2D eigenvalue weighted by atomic mass is 9.75. The van der Waals surface area contributed by atoms with Crippen LogP contribution in [0.4, 0.5) is 0 Å². The van der Waals surface area contributed by atoms with Crippen molar-refractivity contribution in [2.24, 2.45) is 5.73 Å². The van der Waals surface area contributed by atoms with Crippen molar-refractivity contribution in [1.82, 2.24) is 10.2 Å². The number of hydrogen-bond donors (Lipinski definition) is 2. The minimum absolute atomic E-state index is 0.0245. The number of hydrogen-bond acceptors (Lipinski definition) is 3. The van der Waals surface area contributed by atoms with Crippen LogP contribution in [-0.4, -0.2) is 41.4 Å². The van der Waals surface area contributed by atoms with E-state index in [1.165, 1.54) is 6.92 Å². The molecule has 0 aromatic carbocycles. The van der Waals surface area contributed by atoms with Gasteiger partial charge >= 0.3 is 0 Å². The monoisotopic (exact) mass is 253 g/mol. The Balaban J connectivity index is 1.84. The van der Waals surface area contributed by atoms with E-state index in [-0.39, 0.29) is 23.4 Å². The number of nitrogens with one attached hydrogen (secondary N) is 1. The van der Waals surface area contributed by atoms with Crippen molar-refractivity contribution in [3.05, 3.63) is 0 Å². The highest BCUT2D eigenvalue weighted by atomic mass is 16.2. The zero-order valence-corrected chi connectivity index (χ0v) is 11.1. The van der Waals surface area contributed by atoms with Crippen LogP contribution in [0.15, 0.2) is 0 Å². The molecule has 0 aromatic heterocycles. The Morgan fingerprint density at radius 2 is 2.11 bits per heavy atom. The Morgan fingerprint density at radius 1 is 1.39 bits per heavy atom. The van der Waals surface area contributed by atoms with Crippen LogP contribution in [0.25, 0.3) is 0 Å². The minimum Gasteiger partial charge on any atom is -0.352 e. The maximum atomic E-state index is 12.2. The van der Waals surface area contributed by atoms with E-state index in [9.17, 15) is 9.59 Å². The summed E-state index contributed by atoms with van der Waals surface area (Å²) in [7, 11) is 0. The number of rotatable bonds is 3. The van der Waals surface area contributed by atoms with Gasteiger partial charge in [-0.1, -0.05) is 0 Å². The average molecular weight is 253 g/mol. The molecule has 0 aromatic rings. The molecule has 1 atom stereocenters. The number of carbonyl (C=O) groups is 2. The van der Waals surface area contributed by atoms with Gasteiger partial charge in [0.25, 0.3) is 0 Å². The summed E-state index contributed by atoms with van der Waals surface area (Å²) in [5.74, 6) is 0.121. The van der Waals surface area contributed by atoms with Crippen molar-refractivity contribution < 1.29 is 9.59 Å². The smallest absolute Gasteiger partial charge is 0.224 e. The van der Waals surface area contributed by atoms with E-state index in [4.69, 9.17) is 5.73 Å². The quantitative estimate of drug-likeness (QED) is 0.763. The summed E-state index contributed by atoms with van der Waals surface area (Å²) in [6.07, 6.45) is 5.42. The Bertz CT molecular complexity index is 339. The molecule has 5 heteroatoms. The molecule has 3 N–H and O–H groups in total. The second-order valence-corrected chi connectivity index (χ2v) is 5.77. The van der Waals surface area contributed by atoms with Gasteiger partial charge in [0.1, 0.15) is 0 Å². The highest BCUT2D eigenvalue weighted by Crippen LogP contribution is 2.32. The number of likely N-dealkylation sites (tertiary alicyclic amines) is 1. The predicted molar refractivity (Wildman–Crippen MR) is 68.8 cm³/mol. The van der Waals surface area contributed by atoms with Gasteiger partial charge in [0, 0.05) is 38.0 Å². The van der Waals surface area contributed by atoms with Gasteiger partial charge in [0.05, 0.1) is 0 Å². The summed E-state index contributed by atoms with van der Waals surface area (Å²) in [6.45, 7) is 2.95. The summed E-state index contributed by atoms with van der Waals surface area (Å²) in [5, 5.41) is 2.89. The fourth-order valence-corrected chi connectivity index (χ4v) is 2.83. The van der Waals surface area contributed by atoms with Crippen molar-refractivity contribution in [2.45, 2.75) is 57.0 Å². The summed E-state index contributed by atoms with van der Waals surface area (Å²) < 4.78 is 0. The molecular weight excluding hydrogens is 230 g/mol. The molecule has 2 aliphatic rings. The van der Waals surface area contributed by atoms with E-state index in [1.54, 1.807) is 0 Å².